The molecular formula is C44H51NO2. The number of anilines is 3. The number of rotatable bonds is 8. The standard InChI is InChI=1S/C44H51NO2/c1-12-44(34(10)32(8)41(27(2)3)33(9)35(44)11)37-25-30(6)42(31(7)26-37)47-43(46)36-17-23-40(24-18-36)45(38-19-13-28(4)14-20-38)39-21-15-29(5)16-22-39/h13-27,34H,12H2,1-11H3. The van der Waals surface area contributed by atoms with Gasteiger partial charge in [-0.3, -0.25) is 0 Å². The van der Waals surface area contributed by atoms with E-state index < -0.39 is 0 Å². The molecule has 2 unspecified atom stereocenters. The predicted octanol–water partition coefficient (Wildman–Crippen LogP) is 12.2. The molecule has 3 heteroatoms. The van der Waals surface area contributed by atoms with Gasteiger partial charge in [-0.25, -0.2) is 4.79 Å². The van der Waals surface area contributed by atoms with Crippen molar-refractivity contribution in [3.05, 3.63) is 141 Å². The van der Waals surface area contributed by atoms with E-state index in [2.05, 4.69) is 142 Å². The summed E-state index contributed by atoms with van der Waals surface area (Å²) >= 11 is 0. The van der Waals surface area contributed by atoms with Crippen molar-refractivity contribution >= 4 is 23.0 Å². The third-order valence-corrected chi connectivity index (χ3v) is 10.7. The Bertz CT molecular complexity index is 1770. The Morgan fingerprint density at radius 1 is 0.745 bits per heavy atom. The van der Waals surface area contributed by atoms with Gasteiger partial charge in [0.05, 0.1) is 5.56 Å². The number of hydrogen-bond donors (Lipinski definition) is 0. The predicted molar refractivity (Wildman–Crippen MR) is 199 cm³/mol. The van der Waals surface area contributed by atoms with Gasteiger partial charge in [-0.05, 0) is 143 Å². The molecule has 0 aromatic heterocycles. The van der Waals surface area contributed by atoms with Gasteiger partial charge in [-0.15, -0.1) is 0 Å². The fraction of sp³-hybridized carbons (Fsp3) is 0.341. The fourth-order valence-corrected chi connectivity index (χ4v) is 7.99. The number of benzene rings is 4. The van der Waals surface area contributed by atoms with Crippen LogP contribution in [0.25, 0.3) is 0 Å². The van der Waals surface area contributed by atoms with E-state index in [0.29, 0.717) is 23.1 Å². The van der Waals surface area contributed by atoms with Crippen molar-refractivity contribution in [3.63, 3.8) is 0 Å². The van der Waals surface area contributed by atoms with Crippen LogP contribution in [0, 0.1) is 39.5 Å². The first-order chi connectivity index (χ1) is 22.3. The highest BCUT2D eigenvalue weighted by Crippen LogP contribution is 2.53. The van der Waals surface area contributed by atoms with Crippen LogP contribution in [0.1, 0.15) is 93.1 Å². The van der Waals surface area contributed by atoms with Crippen LogP contribution in [0.2, 0.25) is 0 Å². The average Bonchev–Trinajstić information content (AvgIpc) is 3.04. The largest absolute Gasteiger partial charge is 0.422 e. The van der Waals surface area contributed by atoms with Crippen LogP contribution in [0.5, 0.6) is 5.75 Å². The van der Waals surface area contributed by atoms with E-state index in [1.165, 1.54) is 39.0 Å². The van der Waals surface area contributed by atoms with Crippen LogP contribution in [0.4, 0.5) is 17.1 Å². The van der Waals surface area contributed by atoms with Gasteiger partial charge in [0.1, 0.15) is 5.75 Å². The summed E-state index contributed by atoms with van der Waals surface area (Å²) in [7, 11) is 0. The normalized spacial score (nSPS) is 18.2. The van der Waals surface area contributed by atoms with Crippen molar-refractivity contribution in [1.82, 2.24) is 0 Å². The van der Waals surface area contributed by atoms with Gasteiger partial charge >= 0.3 is 5.97 Å². The molecule has 0 bridgehead atoms. The summed E-state index contributed by atoms with van der Waals surface area (Å²) in [5.41, 5.74) is 15.1. The lowest BCUT2D eigenvalue weighted by atomic mass is 9.57. The second kappa shape index (κ2) is 13.4. The summed E-state index contributed by atoms with van der Waals surface area (Å²) in [6.45, 7) is 24.6. The lowest BCUT2D eigenvalue weighted by Crippen LogP contribution is -2.39. The van der Waals surface area contributed by atoms with Gasteiger partial charge in [0.25, 0.3) is 0 Å². The molecule has 4 aromatic rings. The van der Waals surface area contributed by atoms with Crippen molar-refractivity contribution in [2.24, 2.45) is 11.8 Å². The third-order valence-electron chi connectivity index (χ3n) is 10.7. The SMILES string of the molecule is CCC1(c2cc(C)c(OC(=O)c3ccc(N(c4ccc(C)cc4)c4ccc(C)cc4)cc3)c(C)c2)C(C)=C(C)C(C(C)C)=C(C)C1C. The summed E-state index contributed by atoms with van der Waals surface area (Å²) in [4.78, 5) is 15.8. The van der Waals surface area contributed by atoms with E-state index in [1.807, 2.05) is 24.3 Å². The summed E-state index contributed by atoms with van der Waals surface area (Å²) < 4.78 is 6.14. The summed E-state index contributed by atoms with van der Waals surface area (Å²) in [6.07, 6.45) is 1.01. The van der Waals surface area contributed by atoms with Crippen LogP contribution in [-0.4, -0.2) is 5.97 Å². The zero-order valence-corrected chi connectivity index (χ0v) is 30.2. The van der Waals surface area contributed by atoms with E-state index in [9.17, 15) is 4.79 Å². The molecule has 1 aliphatic rings. The Morgan fingerprint density at radius 2 is 1.19 bits per heavy atom. The number of nitrogens with zero attached hydrogens (tertiary/aromatic N) is 1. The van der Waals surface area contributed by atoms with Crippen LogP contribution >= 0.6 is 0 Å². The Balaban J connectivity index is 1.44. The number of carbonyl (C=O) groups excluding carboxylic acids is 1. The third kappa shape index (κ3) is 6.21. The average molecular weight is 626 g/mol. The second-order valence-corrected chi connectivity index (χ2v) is 13.9. The molecule has 0 aliphatic heterocycles. The molecule has 2 atom stereocenters. The van der Waals surface area contributed by atoms with Crippen molar-refractivity contribution in [2.45, 2.75) is 88.0 Å². The summed E-state index contributed by atoms with van der Waals surface area (Å²) in [5.74, 6) is 1.16. The van der Waals surface area contributed by atoms with Crippen molar-refractivity contribution in [1.29, 1.82) is 0 Å². The van der Waals surface area contributed by atoms with Gasteiger partial charge in [-0.2, -0.15) is 0 Å². The molecule has 0 saturated carbocycles. The monoisotopic (exact) mass is 625 g/mol. The number of allylic oxidation sites excluding steroid dienone is 4. The van der Waals surface area contributed by atoms with Crippen molar-refractivity contribution < 1.29 is 9.53 Å². The summed E-state index contributed by atoms with van der Waals surface area (Å²) in [6, 6.07) is 29.2. The van der Waals surface area contributed by atoms with Crippen LogP contribution in [0.3, 0.4) is 0 Å². The van der Waals surface area contributed by atoms with Crippen molar-refractivity contribution in [2.75, 3.05) is 4.90 Å². The molecule has 47 heavy (non-hydrogen) atoms. The van der Waals surface area contributed by atoms with Gasteiger partial charge in [0.15, 0.2) is 0 Å². The van der Waals surface area contributed by atoms with E-state index in [1.54, 1.807) is 0 Å². The highest BCUT2D eigenvalue weighted by atomic mass is 16.5. The molecule has 4 aromatic carbocycles. The quantitative estimate of drug-likeness (QED) is 0.144. The minimum Gasteiger partial charge on any atom is -0.422 e. The van der Waals surface area contributed by atoms with Crippen LogP contribution < -0.4 is 9.64 Å². The highest BCUT2D eigenvalue weighted by molar-refractivity contribution is 5.92. The molecule has 244 valence electrons. The zero-order valence-electron chi connectivity index (χ0n) is 30.2. The smallest absolute Gasteiger partial charge is 0.343 e. The maximum absolute atomic E-state index is 13.6. The first kappa shape index (κ1) is 34.0. The molecular weight excluding hydrogens is 574 g/mol. The minimum absolute atomic E-state index is 0.0960. The first-order valence-electron chi connectivity index (χ1n) is 17.1. The van der Waals surface area contributed by atoms with E-state index in [-0.39, 0.29) is 11.4 Å². The lowest BCUT2D eigenvalue weighted by Gasteiger charge is -2.47. The Hall–Kier alpha value is -4.37. The number of carbonyl (C=O) groups is 1. The van der Waals surface area contributed by atoms with E-state index in [0.717, 1.165) is 34.6 Å². The molecule has 3 nitrogen and oxygen atoms in total. The van der Waals surface area contributed by atoms with Crippen LogP contribution in [0.15, 0.2) is 107 Å². The Kier molecular flexibility index (Phi) is 9.68. The molecule has 0 radical (unpaired) electrons. The number of esters is 1. The molecule has 5 rings (SSSR count). The van der Waals surface area contributed by atoms with E-state index in [4.69, 9.17) is 4.74 Å². The molecule has 0 N–H and O–H groups in total. The molecule has 0 spiro atoms. The topological polar surface area (TPSA) is 29.5 Å². The Morgan fingerprint density at radius 3 is 1.62 bits per heavy atom. The summed E-state index contributed by atoms with van der Waals surface area (Å²) in [5, 5.41) is 0. The van der Waals surface area contributed by atoms with E-state index >= 15 is 0 Å². The highest BCUT2D eigenvalue weighted by Gasteiger charge is 2.44. The Labute approximate surface area is 283 Å². The lowest BCUT2D eigenvalue weighted by molar-refractivity contribution is 0.0732. The fourth-order valence-electron chi connectivity index (χ4n) is 7.99. The van der Waals surface area contributed by atoms with Crippen LogP contribution in [-0.2, 0) is 5.41 Å². The van der Waals surface area contributed by atoms with Gasteiger partial charge in [0, 0.05) is 22.5 Å². The first-order valence-corrected chi connectivity index (χ1v) is 17.1. The number of hydrogen-bond acceptors (Lipinski definition) is 3. The molecule has 0 heterocycles. The second-order valence-electron chi connectivity index (χ2n) is 13.9. The minimum atomic E-state index is -0.351. The molecule has 0 fully saturated rings. The van der Waals surface area contributed by atoms with Gasteiger partial charge < -0.3 is 9.64 Å². The molecule has 0 saturated heterocycles. The molecule has 1 aliphatic carbocycles. The van der Waals surface area contributed by atoms with Crippen molar-refractivity contribution in [3.8, 4) is 5.75 Å². The number of ether oxygens (including phenoxy) is 1. The maximum Gasteiger partial charge on any atom is 0.343 e. The van der Waals surface area contributed by atoms with Gasteiger partial charge in [0.2, 0.25) is 0 Å². The number of aryl methyl sites for hydroxylation is 4. The molecule has 0 amide bonds. The zero-order chi connectivity index (χ0) is 34.2. The van der Waals surface area contributed by atoms with Gasteiger partial charge in [-0.1, -0.05) is 86.4 Å². The maximum atomic E-state index is 13.6.